The first-order valence-corrected chi connectivity index (χ1v) is 4.44. The number of ether oxygens (including phenoxy) is 3. The van der Waals surface area contributed by atoms with Crippen LogP contribution in [0.1, 0.15) is 10.4 Å². The Bertz CT molecular complexity index is 511. The average molecular weight is 241 g/mol. The minimum Gasteiger partial charge on any atom is -0.492 e. The van der Waals surface area contributed by atoms with Crippen LogP contribution in [0.2, 0.25) is 0 Å². The maximum atomic E-state index is 11.0. The molecule has 0 saturated heterocycles. The van der Waals surface area contributed by atoms with Crippen LogP contribution in [0.3, 0.4) is 0 Å². The van der Waals surface area contributed by atoms with Crippen molar-refractivity contribution >= 4 is 11.7 Å². The summed E-state index contributed by atoms with van der Waals surface area (Å²) in [6.45, 7) is -0.133. The monoisotopic (exact) mass is 241 g/mol. The van der Waals surface area contributed by atoms with E-state index in [4.69, 9.17) is 19.3 Å². The van der Waals surface area contributed by atoms with Crippen molar-refractivity contribution in [2.75, 3.05) is 13.9 Å². The Labute approximate surface area is 94.5 Å². The van der Waals surface area contributed by atoms with Crippen LogP contribution in [-0.4, -0.2) is 29.9 Å². The van der Waals surface area contributed by atoms with E-state index in [0.717, 1.165) is 6.07 Å². The number of carboxylic acid groups (broad SMARTS) is 1. The number of benzene rings is 1. The van der Waals surface area contributed by atoms with E-state index in [0.29, 0.717) is 0 Å². The van der Waals surface area contributed by atoms with Crippen molar-refractivity contribution in [3.8, 4) is 17.2 Å². The molecule has 1 aliphatic rings. The number of methoxy groups -OCH3 is 1. The van der Waals surface area contributed by atoms with Gasteiger partial charge in [-0.05, 0) is 0 Å². The van der Waals surface area contributed by atoms with Gasteiger partial charge in [-0.2, -0.15) is 0 Å². The zero-order valence-corrected chi connectivity index (χ0v) is 8.63. The molecule has 1 N–H and O–H groups in total. The number of fused-ring (bicyclic) bond motifs is 1. The van der Waals surface area contributed by atoms with Gasteiger partial charge in [-0.15, -0.1) is 0 Å². The molecule has 0 fully saturated rings. The van der Waals surface area contributed by atoms with Gasteiger partial charge in [0.1, 0.15) is 0 Å². The van der Waals surface area contributed by atoms with E-state index in [2.05, 4.69) is 0 Å². The van der Waals surface area contributed by atoms with Gasteiger partial charge in [0.25, 0.3) is 5.69 Å². The Kier molecular flexibility index (Phi) is 2.47. The molecular weight excluding hydrogens is 234 g/mol. The lowest BCUT2D eigenvalue weighted by molar-refractivity contribution is -0.385. The second kappa shape index (κ2) is 3.81. The first kappa shape index (κ1) is 11.0. The molecule has 1 aromatic carbocycles. The highest BCUT2D eigenvalue weighted by atomic mass is 16.7. The molecule has 1 aliphatic heterocycles. The van der Waals surface area contributed by atoms with E-state index < -0.39 is 22.1 Å². The van der Waals surface area contributed by atoms with Gasteiger partial charge in [0.2, 0.25) is 12.5 Å². The Hall–Kier alpha value is -2.51. The number of aromatic carboxylic acids is 1. The highest BCUT2D eigenvalue weighted by molar-refractivity contribution is 5.97. The van der Waals surface area contributed by atoms with Gasteiger partial charge < -0.3 is 19.3 Å². The molecule has 0 atom stereocenters. The SMILES string of the molecule is COc1c2c(cc([N+](=O)[O-])c1C(=O)O)OCO2. The van der Waals surface area contributed by atoms with Crippen molar-refractivity contribution in [2.45, 2.75) is 0 Å². The first-order chi connectivity index (χ1) is 8.06. The fraction of sp³-hybridized carbons (Fsp3) is 0.222. The van der Waals surface area contributed by atoms with Gasteiger partial charge in [-0.1, -0.05) is 0 Å². The molecule has 1 aromatic rings. The van der Waals surface area contributed by atoms with Crippen LogP contribution in [0.15, 0.2) is 6.07 Å². The maximum absolute atomic E-state index is 11.0. The molecule has 1 heterocycles. The quantitative estimate of drug-likeness (QED) is 0.621. The van der Waals surface area contributed by atoms with E-state index >= 15 is 0 Å². The number of carbonyl (C=O) groups is 1. The summed E-state index contributed by atoms with van der Waals surface area (Å²) in [6.07, 6.45) is 0. The Balaban J connectivity index is 2.77. The van der Waals surface area contributed by atoms with Crippen LogP contribution >= 0.6 is 0 Å². The summed E-state index contributed by atoms with van der Waals surface area (Å²) in [5.74, 6) is -1.51. The topological polar surface area (TPSA) is 108 Å². The highest BCUT2D eigenvalue weighted by Gasteiger charge is 2.34. The summed E-state index contributed by atoms with van der Waals surface area (Å²) in [4.78, 5) is 21.0. The second-order valence-corrected chi connectivity index (χ2v) is 3.10. The minimum absolute atomic E-state index is 0.0653. The highest BCUT2D eigenvalue weighted by Crippen LogP contribution is 2.47. The number of rotatable bonds is 3. The standard InChI is InChI=1S/C9H7NO7/c1-15-8-6(9(11)12)4(10(13)14)2-5-7(8)17-3-16-5/h2H,3H2,1H3,(H,11,12). The zero-order valence-electron chi connectivity index (χ0n) is 8.63. The van der Waals surface area contributed by atoms with Crippen molar-refractivity contribution in [3.63, 3.8) is 0 Å². The lowest BCUT2D eigenvalue weighted by Gasteiger charge is -2.08. The summed E-state index contributed by atoms with van der Waals surface area (Å²) < 4.78 is 14.8. The molecule has 0 unspecified atom stereocenters. The van der Waals surface area contributed by atoms with Crippen molar-refractivity contribution in [1.29, 1.82) is 0 Å². The van der Waals surface area contributed by atoms with Crippen LogP contribution in [0.5, 0.6) is 17.2 Å². The third-order valence-electron chi connectivity index (χ3n) is 2.21. The number of hydrogen-bond donors (Lipinski definition) is 1. The molecule has 0 aliphatic carbocycles. The molecule has 8 nitrogen and oxygen atoms in total. The molecule has 0 saturated carbocycles. The third kappa shape index (κ3) is 1.59. The van der Waals surface area contributed by atoms with Gasteiger partial charge in [0, 0.05) is 0 Å². The zero-order chi connectivity index (χ0) is 12.6. The van der Waals surface area contributed by atoms with E-state index in [1.807, 2.05) is 0 Å². The van der Waals surface area contributed by atoms with Crippen LogP contribution in [0, 0.1) is 10.1 Å². The minimum atomic E-state index is -1.47. The second-order valence-electron chi connectivity index (χ2n) is 3.10. The lowest BCUT2D eigenvalue weighted by atomic mass is 10.1. The molecule has 2 rings (SSSR count). The van der Waals surface area contributed by atoms with Crippen molar-refractivity contribution in [2.24, 2.45) is 0 Å². The van der Waals surface area contributed by atoms with Gasteiger partial charge >= 0.3 is 5.97 Å². The van der Waals surface area contributed by atoms with Crippen LogP contribution in [0.25, 0.3) is 0 Å². The molecule has 8 heteroatoms. The molecule has 0 bridgehead atoms. The van der Waals surface area contributed by atoms with Gasteiger partial charge in [0.05, 0.1) is 18.1 Å². The summed E-state index contributed by atoms with van der Waals surface area (Å²) in [5.41, 5.74) is -1.15. The number of carboxylic acids is 1. The Morgan fingerprint density at radius 2 is 2.29 bits per heavy atom. The maximum Gasteiger partial charge on any atom is 0.346 e. The van der Waals surface area contributed by atoms with E-state index in [1.54, 1.807) is 0 Å². The van der Waals surface area contributed by atoms with Crippen molar-refractivity contribution in [3.05, 3.63) is 21.7 Å². The third-order valence-corrected chi connectivity index (χ3v) is 2.21. The fourth-order valence-corrected chi connectivity index (χ4v) is 1.54. The lowest BCUT2D eigenvalue weighted by Crippen LogP contribution is -2.06. The molecule has 90 valence electrons. The Morgan fingerprint density at radius 3 is 2.82 bits per heavy atom. The van der Waals surface area contributed by atoms with E-state index in [-0.39, 0.29) is 24.0 Å². The average Bonchev–Trinajstić information content (AvgIpc) is 2.73. The summed E-state index contributed by atoms with van der Waals surface area (Å²) >= 11 is 0. The molecule has 17 heavy (non-hydrogen) atoms. The molecular formula is C9H7NO7. The molecule has 0 radical (unpaired) electrons. The molecule has 0 amide bonds. The van der Waals surface area contributed by atoms with E-state index in [9.17, 15) is 14.9 Å². The fourth-order valence-electron chi connectivity index (χ4n) is 1.54. The number of hydrogen-bond acceptors (Lipinski definition) is 6. The molecule has 0 aromatic heterocycles. The van der Waals surface area contributed by atoms with Gasteiger partial charge in [0.15, 0.2) is 17.1 Å². The first-order valence-electron chi connectivity index (χ1n) is 4.44. The van der Waals surface area contributed by atoms with Crippen LogP contribution < -0.4 is 14.2 Å². The Morgan fingerprint density at radius 1 is 1.59 bits per heavy atom. The van der Waals surface area contributed by atoms with E-state index in [1.165, 1.54) is 7.11 Å². The van der Waals surface area contributed by atoms with Crippen LogP contribution in [0.4, 0.5) is 5.69 Å². The van der Waals surface area contributed by atoms with Crippen molar-refractivity contribution in [1.82, 2.24) is 0 Å². The van der Waals surface area contributed by atoms with Crippen molar-refractivity contribution < 1.29 is 29.0 Å². The number of nitrogens with zero attached hydrogens (tertiary/aromatic N) is 1. The normalized spacial score (nSPS) is 12.3. The van der Waals surface area contributed by atoms with Gasteiger partial charge in [-0.25, -0.2) is 4.79 Å². The number of nitro benzene ring substituents is 1. The largest absolute Gasteiger partial charge is 0.492 e. The molecule has 0 spiro atoms. The number of nitro groups is 1. The smallest absolute Gasteiger partial charge is 0.346 e. The van der Waals surface area contributed by atoms with Gasteiger partial charge in [-0.3, -0.25) is 10.1 Å². The summed E-state index contributed by atoms with van der Waals surface area (Å²) in [5, 5.41) is 19.8. The predicted octanol–water partition coefficient (Wildman–Crippen LogP) is 1.03. The van der Waals surface area contributed by atoms with Crippen LogP contribution in [-0.2, 0) is 0 Å². The summed E-state index contributed by atoms with van der Waals surface area (Å²) in [6, 6.07) is 1.01. The predicted molar refractivity (Wildman–Crippen MR) is 52.7 cm³/mol. The summed E-state index contributed by atoms with van der Waals surface area (Å²) in [7, 11) is 1.20.